The summed E-state index contributed by atoms with van der Waals surface area (Å²) in [4.78, 5) is 4.28. The first kappa shape index (κ1) is 12.0. The van der Waals surface area contributed by atoms with Crippen molar-refractivity contribution >= 4 is 15.9 Å². The fraction of sp³-hybridized carbons (Fsp3) is 0.154. The number of rotatable bonds is 3. The van der Waals surface area contributed by atoms with Crippen molar-refractivity contribution in [3.63, 3.8) is 0 Å². The van der Waals surface area contributed by atoms with Crippen molar-refractivity contribution in [3.8, 4) is 17.0 Å². The molecule has 0 radical (unpaired) electrons. The van der Waals surface area contributed by atoms with Gasteiger partial charge < -0.3 is 4.74 Å². The maximum absolute atomic E-state index is 13.5. The average molecular weight is 296 g/mol. The topological polar surface area (TPSA) is 22.1 Å². The van der Waals surface area contributed by atoms with Crippen LogP contribution < -0.4 is 4.74 Å². The molecule has 0 saturated heterocycles. The number of alkyl halides is 1. The van der Waals surface area contributed by atoms with Crippen molar-refractivity contribution in [2.45, 2.75) is 5.33 Å². The standard InChI is InChI=1S/C13H11BrFNO/c1-17-13-5-3-10(6-11(13)15)12-4-2-9(7-14)8-16-12/h2-6,8H,7H2,1H3. The number of hydrogen-bond donors (Lipinski definition) is 0. The number of aromatic nitrogens is 1. The van der Waals surface area contributed by atoms with Gasteiger partial charge in [-0.25, -0.2) is 4.39 Å². The van der Waals surface area contributed by atoms with Crippen LogP contribution in [0.1, 0.15) is 5.56 Å². The van der Waals surface area contributed by atoms with E-state index < -0.39 is 0 Å². The first-order valence-corrected chi connectivity index (χ1v) is 6.21. The molecule has 0 unspecified atom stereocenters. The average Bonchev–Trinajstić information content (AvgIpc) is 2.39. The molecule has 2 aromatic rings. The first-order chi connectivity index (χ1) is 8.24. The molecule has 1 aromatic carbocycles. The highest BCUT2D eigenvalue weighted by molar-refractivity contribution is 9.08. The van der Waals surface area contributed by atoms with Gasteiger partial charge in [0.1, 0.15) is 0 Å². The molecule has 88 valence electrons. The molecule has 17 heavy (non-hydrogen) atoms. The predicted molar refractivity (Wildman–Crippen MR) is 68.8 cm³/mol. The highest BCUT2D eigenvalue weighted by Gasteiger charge is 2.05. The van der Waals surface area contributed by atoms with Crippen molar-refractivity contribution in [1.82, 2.24) is 4.98 Å². The lowest BCUT2D eigenvalue weighted by Crippen LogP contribution is -1.90. The van der Waals surface area contributed by atoms with E-state index in [1.165, 1.54) is 13.2 Å². The van der Waals surface area contributed by atoms with Crippen molar-refractivity contribution in [2.75, 3.05) is 7.11 Å². The molecule has 0 spiro atoms. The Morgan fingerprint density at radius 3 is 2.65 bits per heavy atom. The van der Waals surface area contributed by atoms with E-state index in [4.69, 9.17) is 4.74 Å². The third-order valence-electron chi connectivity index (χ3n) is 2.43. The number of pyridine rings is 1. The summed E-state index contributed by atoms with van der Waals surface area (Å²) < 4.78 is 18.4. The summed E-state index contributed by atoms with van der Waals surface area (Å²) >= 11 is 3.35. The minimum atomic E-state index is -0.378. The molecule has 0 atom stereocenters. The third-order valence-corrected chi connectivity index (χ3v) is 3.07. The van der Waals surface area contributed by atoms with Gasteiger partial charge in [0.05, 0.1) is 12.8 Å². The Labute approximate surface area is 108 Å². The lowest BCUT2D eigenvalue weighted by molar-refractivity contribution is 0.386. The van der Waals surface area contributed by atoms with E-state index in [9.17, 15) is 4.39 Å². The maximum atomic E-state index is 13.5. The Morgan fingerprint density at radius 2 is 2.12 bits per heavy atom. The number of ether oxygens (including phenoxy) is 1. The van der Waals surface area contributed by atoms with Crippen LogP contribution in [-0.2, 0) is 5.33 Å². The predicted octanol–water partition coefficient (Wildman–Crippen LogP) is 3.79. The van der Waals surface area contributed by atoms with Gasteiger partial charge in [-0.05, 0) is 29.8 Å². The Hall–Kier alpha value is -1.42. The van der Waals surface area contributed by atoms with Gasteiger partial charge in [0.15, 0.2) is 11.6 Å². The van der Waals surface area contributed by atoms with Crippen molar-refractivity contribution < 1.29 is 9.13 Å². The lowest BCUT2D eigenvalue weighted by atomic mass is 10.1. The fourth-order valence-corrected chi connectivity index (χ4v) is 1.83. The smallest absolute Gasteiger partial charge is 0.165 e. The van der Waals surface area contributed by atoms with Crippen molar-refractivity contribution in [2.24, 2.45) is 0 Å². The van der Waals surface area contributed by atoms with Gasteiger partial charge in [-0.2, -0.15) is 0 Å². The molecule has 0 aliphatic heterocycles. The van der Waals surface area contributed by atoms with Crippen LogP contribution in [0.15, 0.2) is 36.5 Å². The monoisotopic (exact) mass is 295 g/mol. The molecule has 0 N–H and O–H groups in total. The van der Waals surface area contributed by atoms with E-state index in [1.54, 1.807) is 18.3 Å². The Bertz CT molecular complexity index is 513. The van der Waals surface area contributed by atoms with E-state index in [2.05, 4.69) is 20.9 Å². The van der Waals surface area contributed by atoms with Gasteiger partial charge in [-0.3, -0.25) is 4.98 Å². The minimum absolute atomic E-state index is 0.242. The van der Waals surface area contributed by atoms with Crippen molar-refractivity contribution in [3.05, 3.63) is 47.9 Å². The molecular weight excluding hydrogens is 285 g/mol. The van der Waals surface area contributed by atoms with Gasteiger partial charge >= 0.3 is 0 Å². The molecule has 0 bridgehead atoms. The fourth-order valence-electron chi connectivity index (χ4n) is 1.50. The van der Waals surface area contributed by atoms with Crippen LogP contribution in [0.25, 0.3) is 11.3 Å². The minimum Gasteiger partial charge on any atom is -0.494 e. The summed E-state index contributed by atoms with van der Waals surface area (Å²) in [5.41, 5.74) is 2.57. The summed E-state index contributed by atoms with van der Waals surface area (Å²) in [6.07, 6.45) is 1.77. The molecule has 0 saturated carbocycles. The van der Waals surface area contributed by atoms with Crippen LogP contribution >= 0.6 is 15.9 Å². The van der Waals surface area contributed by atoms with Crippen LogP contribution in [0.5, 0.6) is 5.75 Å². The molecule has 0 aliphatic rings. The van der Waals surface area contributed by atoms with Gasteiger partial charge in [-0.15, -0.1) is 0 Å². The second kappa shape index (κ2) is 5.27. The zero-order chi connectivity index (χ0) is 12.3. The van der Waals surface area contributed by atoms with Crippen molar-refractivity contribution in [1.29, 1.82) is 0 Å². The molecule has 1 heterocycles. The van der Waals surface area contributed by atoms with E-state index in [1.807, 2.05) is 12.1 Å². The summed E-state index contributed by atoms with van der Waals surface area (Å²) in [5.74, 6) is -0.137. The Balaban J connectivity index is 2.35. The summed E-state index contributed by atoms with van der Waals surface area (Å²) in [6, 6.07) is 8.65. The first-order valence-electron chi connectivity index (χ1n) is 5.09. The Kier molecular flexibility index (Phi) is 3.74. The van der Waals surface area contributed by atoms with Crippen LogP contribution in [0.2, 0.25) is 0 Å². The van der Waals surface area contributed by atoms with E-state index in [-0.39, 0.29) is 11.6 Å². The summed E-state index contributed by atoms with van der Waals surface area (Å²) in [7, 11) is 1.45. The van der Waals surface area contributed by atoms with E-state index >= 15 is 0 Å². The molecule has 0 fully saturated rings. The Morgan fingerprint density at radius 1 is 1.29 bits per heavy atom. The van der Waals surface area contributed by atoms with E-state index in [0.717, 1.165) is 22.2 Å². The summed E-state index contributed by atoms with van der Waals surface area (Å²) in [5, 5.41) is 0.761. The molecule has 2 rings (SSSR count). The molecule has 2 nitrogen and oxygen atoms in total. The lowest BCUT2D eigenvalue weighted by Gasteiger charge is -2.05. The molecule has 0 amide bonds. The highest BCUT2D eigenvalue weighted by atomic mass is 79.9. The number of nitrogens with zero attached hydrogens (tertiary/aromatic N) is 1. The zero-order valence-corrected chi connectivity index (χ0v) is 10.9. The summed E-state index contributed by atoms with van der Waals surface area (Å²) in [6.45, 7) is 0. The molecule has 4 heteroatoms. The van der Waals surface area contributed by atoms with E-state index in [0.29, 0.717) is 0 Å². The third kappa shape index (κ3) is 2.64. The van der Waals surface area contributed by atoms with Crippen LogP contribution in [0, 0.1) is 5.82 Å². The number of methoxy groups -OCH3 is 1. The number of benzene rings is 1. The molecular formula is C13H11BrFNO. The molecule has 1 aromatic heterocycles. The van der Waals surface area contributed by atoms with Crippen LogP contribution in [-0.4, -0.2) is 12.1 Å². The second-order valence-electron chi connectivity index (χ2n) is 3.53. The van der Waals surface area contributed by atoms with Gasteiger partial charge in [0, 0.05) is 17.1 Å². The van der Waals surface area contributed by atoms with Gasteiger partial charge in [0.25, 0.3) is 0 Å². The van der Waals surface area contributed by atoms with Crippen LogP contribution in [0.4, 0.5) is 4.39 Å². The highest BCUT2D eigenvalue weighted by Crippen LogP contribution is 2.24. The largest absolute Gasteiger partial charge is 0.494 e. The van der Waals surface area contributed by atoms with Gasteiger partial charge in [0.2, 0.25) is 0 Å². The zero-order valence-electron chi connectivity index (χ0n) is 9.28. The van der Waals surface area contributed by atoms with Gasteiger partial charge in [-0.1, -0.05) is 22.0 Å². The quantitative estimate of drug-likeness (QED) is 0.804. The normalized spacial score (nSPS) is 10.3. The maximum Gasteiger partial charge on any atom is 0.165 e. The van der Waals surface area contributed by atoms with Crippen LogP contribution in [0.3, 0.4) is 0 Å². The second-order valence-corrected chi connectivity index (χ2v) is 4.10. The number of halogens is 2. The molecule has 0 aliphatic carbocycles. The number of hydrogen-bond acceptors (Lipinski definition) is 2. The SMILES string of the molecule is COc1ccc(-c2ccc(CBr)cn2)cc1F.